The molecule has 4 rings (SSSR count). The summed E-state index contributed by atoms with van der Waals surface area (Å²) in [7, 11) is 1.70. The van der Waals surface area contributed by atoms with Gasteiger partial charge in [-0.25, -0.2) is 9.97 Å². The fourth-order valence-electron chi connectivity index (χ4n) is 3.94. The van der Waals surface area contributed by atoms with Crippen LogP contribution in [0.5, 0.6) is 5.75 Å². The molecule has 2 fully saturated rings. The van der Waals surface area contributed by atoms with Crippen molar-refractivity contribution in [1.82, 2.24) is 14.9 Å². The molecule has 1 atom stereocenters. The van der Waals surface area contributed by atoms with E-state index in [1.165, 1.54) is 5.69 Å². The molecule has 0 spiro atoms. The van der Waals surface area contributed by atoms with Gasteiger partial charge in [0.25, 0.3) is 0 Å². The van der Waals surface area contributed by atoms with Gasteiger partial charge in [0.1, 0.15) is 5.75 Å². The quantitative estimate of drug-likeness (QED) is 0.606. The van der Waals surface area contributed by atoms with Gasteiger partial charge in [-0.3, -0.25) is 4.99 Å². The van der Waals surface area contributed by atoms with Crippen LogP contribution in [0.1, 0.15) is 6.42 Å². The summed E-state index contributed by atoms with van der Waals surface area (Å²) in [6.07, 6.45) is 4.69. The molecule has 0 radical (unpaired) electrons. The highest BCUT2D eigenvalue weighted by atomic mass is 16.5. The molecule has 0 amide bonds. The Morgan fingerprint density at radius 2 is 1.90 bits per heavy atom. The number of hydrogen-bond donors (Lipinski definition) is 1. The van der Waals surface area contributed by atoms with Crippen molar-refractivity contribution in [2.75, 3.05) is 62.7 Å². The minimum absolute atomic E-state index is 0.527. The number of benzene rings is 1. The summed E-state index contributed by atoms with van der Waals surface area (Å²) in [5.41, 5.74) is 7.50. The average molecular weight is 396 g/mol. The lowest BCUT2D eigenvalue weighted by atomic mass is 10.1. The molecule has 1 unspecified atom stereocenters. The third-order valence-corrected chi connectivity index (χ3v) is 5.65. The van der Waals surface area contributed by atoms with E-state index in [1.54, 1.807) is 19.5 Å². The van der Waals surface area contributed by atoms with Crippen molar-refractivity contribution < 1.29 is 4.74 Å². The maximum atomic E-state index is 6.29. The molecular weight excluding hydrogens is 366 g/mol. The Kier molecular flexibility index (Phi) is 5.97. The Balaban J connectivity index is 1.26. The first-order valence-corrected chi connectivity index (χ1v) is 10.2. The maximum Gasteiger partial charge on any atom is 0.225 e. The van der Waals surface area contributed by atoms with Crippen LogP contribution in [0.2, 0.25) is 0 Å². The van der Waals surface area contributed by atoms with E-state index in [-0.39, 0.29) is 0 Å². The first-order valence-electron chi connectivity index (χ1n) is 10.2. The normalized spacial score (nSPS) is 20.2. The van der Waals surface area contributed by atoms with Crippen molar-refractivity contribution in [3.8, 4) is 5.75 Å². The average Bonchev–Trinajstić information content (AvgIpc) is 3.27. The number of ether oxygens (including phenoxy) is 1. The fourth-order valence-corrected chi connectivity index (χ4v) is 3.94. The van der Waals surface area contributed by atoms with Crippen LogP contribution in [0.3, 0.4) is 0 Å². The lowest BCUT2D eigenvalue weighted by Crippen LogP contribution is -2.51. The summed E-state index contributed by atoms with van der Waals surface area (Å²) >= 11 is 0. The lowest BCUT2D eigenvalue weighted by molar-refractivity contribution is 0.377. The molecule has 8 nitrogen and oxygen atoms in total. The van der Waals surface area contributed by atoms with Crippen LogP contribution >= 0.6 is 0 Å². The number of nitrogens with zero attached hydrogens (tertiary/aromatic N) is 6. The van der Waals surface area contributed by atoms with E-state index in [0.717, 1.165) is 63.9 Å². The van der Waals surface area contributed by atoms with Crippen molar-refractivity contribution in [1.29, 1.82) is 0 Å². The standard InChI is InChI=1S/C21H29N7O/c1-29-19-5-2-4-18(14-19)28-9-6-17(16-28)15-25-20(22)26-10-12-27(13-11-26)21-23-7-3-8-24-21/h2-5,7-8,14,17H,6,9-13,15-16H2,1H3,(H2,22,25). The van der Waals surface area contributed by atoms with Gasteiger partial charge < -0.3 is 25.2 Å². The number of guanidine groups is 1. The van der Waals surface area contributed by atoms with Gasteiger partial charge in [-0.15, -0.1) is 0 Å². The van der Waals surface area contributed by atoms with Crippen LogP contribution in [-0.4, -0.2) is 73.8 Å². The summed E-state index contributed by atoms with van der Waals surface area (Å²) in [6.45, 7) is 6.21. The third kappa shape index (κ3) is 4.70. The van der Waals surface area contributed by atoms with Gasteiger partial charge >= 0.3 is 0 Å². The second-order valence-corrected chi connectivity index (χ2v) is 7.52. The number of methoxy groups -OCH3 is 1. The summed E-state index contributed by atoms with van der Waals surface area (Å²) < 4.78 is 5.34. The van der Waals surface area contributed by atoms with E-state index >= 15 is 0 Å². The van der Waals surface area contributed by atoms with Crippen LogP contribution in [0, 0.1) is 5.92 Å². The molecular formula is C21H29N7O. The molecule has 0 saturated carbocycles. The molecule has 0 bridgehead atoms. The molecule has 1 aromatic heterocycles. The second kappa shape index (κ2) is 8.98. The van der Waals surface area contributed by atoms with E-state index in [1.807, 2.05) is 18.2 Å². The van der Waals surface area contributed by atoms with Gasteiger partial charge in [-0.1, -0.05) is 6.07 Å². The Morgan fingerprint density at radius 1 is 1.10 bits per heavy atom. The molecule has 2 aliphatic heterocycles. The van der Waals surface area contributed by atoms with Crippen LogP contribution in [0.4, 0.5) is 11.6 Å². The lowest BCUT2D eigenvalue weighted by Gasteiger charge is -2.35. The molecule has 2 N–H and O–H groups in total. The first-order chi connectivity index (χ1) is 14.2. The van der Waals surface area contributed by atoms with Crippen LogP contribution in [0.15, 0.2) is 47.7 Å². The predicted octanol–water partition coefficient (Wildman–Crippen LogP) is 1.45. The number of aliphatic imine (C=N–C) groups is 1. The predicted molar refractivity (Wildman–Crippen MR) is 116 cm³/mol. The van der Waals surface area contributed by atoms with Gasteiger partial charge in [0.2, 0.25) is 5.95 Å². The van der Waals surface area contributed by atoms with E-state index < -0.39 is 0 Å². The molecule has 2 aromatic rings. The molecule has 154 valence electrons. The Bertz CT molecular complexity index is 821. The Morgan fingerprint density at radius 3 is 2.66 bits per heavy atom. The zero-order valence-electron chi connectivity index (χ0n) is 16.9. The molecule has 1 aromatic carbocycles. The highest BCUT2D eigenvalue weighted by Gasteiger charge is 2.24. The van der Waals surface area contributed by atoms with Gasteiger partial charge in [0.05, 0.1) is 7.11 Å². The van der Waals surface area contributed by atoms with Gasteiger partial charge in [-0.05, 0) is 30.5 Å². The summed E-state index contributed by atoms with van der Waals surface area (Å²) in [6, 6.07) is 10.1. The molecule has 2 saturated heterocycles. The number of anilines is 2. The number of rotatable bonds is 5. The number of hydrogen-bond acceptors (Lipinski definition) is 6. The van der Waals surface area contributed by atoms with E-state index in [4.69, 9.17) is 15.5 Å². The highest BCUT2D eigenvalue weighted by molar-refractivity contribution is 5.78. The smallest absolute Gasteiger partial charge is 0.225 e. The minimum Gasteiger partial charge on any atom is -0.497 e. The number of nitrogens with two attached hydrogens (primary N) is 1. The zero-order valence-corrected chi connectivity index (χ0v) is 16.9. The van der Waals surface area contributed by atoms with Crippen molar-refractivity contribution in [3.63, 3.8) is 0 Å². The number of aromatic nitrogens is 2. The van der Waals surface area contributed by atoms with Crippen molar-refractivity contribution in [3.05, 3.63) is 42.7 Å². The van der Waals surface area contributed by atoms with E-state index in [2.05, 4.69) is 36.8 Å². The summed E-state index contributed by atoms with van der Waals surface area (Å²) in [4.78, 5) is 20.1. The molecule has 3 heterocycles. The topological polar surface area (TPSA) is 83.1 Å². The first kappa shape index (κ1) is 19.3. The highest BCUT2D eigenvalue weighted by Crippen LogP contribution is 2.27. The van der Waals surface area contributed by atoms with Gasteiger partial charge in [0, 0.05) is 70.0 Å². The SMILES string of the molecule is COc1cccc(N2CCC(CN=C(N)N3CCN(c4ncccn4)CC3)C2)c1. The Hall–Kier alpha value is -3.03. The Labute approximate surface area is 172 Å². The van der Waals surface area contributed by atoms with Crippen molar-refractivity contribution in [2.24, 2.45) is 16.6 Å². The fraction of sp³-hybridized carbons (Fsp3) is 0.476. The van der Waals surface area contributed by atoms with Crippen molar-refractivity contribution >= 4 is 17.6 Å². The molecule has 0 aliphatic carbocycles. The molecule has 8 heteroatoms. The molecule has 2 aliphatic rings. The largest absolute Gasteiger partial charge is 0.497 e. The van der Waals surface area contributed by atoms with Gasteiger partial charge in [-0.2, -0.15) is 0 Å². The van der Waals surface area contributed by atoms with Gasteiger partial charge in [0.15, 0.2) is 5.96 Å². The monoisotopic (exact) mass is 395 g/mol. The summed E-state index contributed by atoms with van der Waals surface area (Å²) in [5.74, 6) is 2.86. The minimum atomic E-state index is 0.527. The second-order valence-electron chi connectivity index (χ2n) is 7.52. The van der Waals surface area contributed by atoms with Crippen LogP contribution in [0.25, 0.3) is 0 Å². The summed E-state index contributed by atoms with van der Waals surface area (Å²) in [5, 5.41) is 0. The van der Waals surface area contributed by atoms with Crippen LogP contribution in [-0.2, 0) is 0 Å². The maximum absolute atomic E-state index is 6.29. The van der Waals surface area contributed by atoms with E-state index in [0.29, 0.717) is 11.9 Å². The molecule has 29 heavy (non-hydrogen) atoms. The van der Waals surface area contributed by atoms with E-state index in [9.17, 15) is 0 Å². The van der Waals surface area contributed by atoms with Crippen molar-refractivity contribution in [2.45, 2.75) is 6.42 Å². The zero-order chi connectivity index (χ0) is 20.1. The van der Waals surface area contributed by atoms with Crippen LogP contribution < -0.4 is 20.3 Å². The number of piperazine rings is 1. The third-order valence-electron chi connectivity index (χ3n) is 5.65.